The van der Waals surface area contributed by atoms with Crippen molar-refractivity contribution < 1.29 is 19.4 Å². The molecule has 21 heavy (non-hydrogen) atoms. The summed E-state index contributed by atoms with van der Waals surface area (Å²) < 4.78 is 5.18. The Hall–Kier alpha value is -1.88. The molecule has 1 aromatic rings. The highest BCUT2D eigenvalue weighted by Gasteiger charge is 2.36. The summed E-state index contributed by atoms with van der Waals surface area (Å²) >= 11 is 0. The Morgan fingerprint density at radius 2 is 1.95 bits per heavy atom. The zero-order valence-corrected chi connectivity index (χ0v) is 11.7. The Bertz CT molecular complexity index is 557. The number of amides is 1. The number of carbonyl (C=O) groups excluding carboxylic acids is 1. The molecule has 1 amide bonds. The van der Waals surface area contributed by atoms with Crippen LogP contribution in [0.5, 0.6) is 0 Å². The van der Waals surface area contributed by atoms with Crippen LogP contribution in [-0.4, -0.2) is 36.2 Å². The smallest absolute Gasteiger partial charge is 0.311 e. The maximum Gasteiger partial charge on any atom is 0.311 e. The fourth-order valence-corrected chi connectivity index (χ4v) is 3.16. The van der Waals surface area contributed by atoms with Crippen LogP contribution >= 0.6 is 0 Å². The van der Waals surface area contributed by atoms with Crippen molar-refractivity contribution in [3.8, 4) is 0 Å². The van der Waals surface area contributed by atoms with Crippen molar-refractivity contribution in [2.45, 2.75) is 25.3 Å². The third kappa shape index (κ3) is 2.93. The van der Waals surface area contributed by atoms with Crippen LogP contribution in [-0.2, 0) is 27.2 Å². The van der Waals surface area contributed by atoms with E-state index in [-0.39, 0.29) is 25.0 Å². The summed E-state index contributed by atoms with van der Waals surface area (Å²) in [5.41, 5.74) is 2.54. The zero-order valence-electron chi connectivity index (χ0n) is 11.7. The summed E-state index contributed by atoms with van der Waals surface area (Å²) in [5, 5.41) is 12.0. The predicted octanol–water partition coefficient (Wildman–Crippen LogP) is 1.01. The quantitative estimate of drug-likeness (QED) is 0.870. The first kappa shape index (κ1) is 14.1. The fourth-order valence-electron chi connectivity index (χ4n) is 3.16. The molecular weight excluding hydrogens is 270 g/mol. The second kappa shape index (κ2) is 5.85. The second-order valence-electron chi connectivity index (χ2n) is 5.81. The highest BCUT2D eigenvalue weighted by molar-refractivity contribution is 5.81. The van der Waals surface area contributed by atoms with E-state index in [9.17, 15) is 9.59 Å². The van der Waals surface area contributed by atoms with Crippen LogP contribution in [0.25, 0.3) is 0 Å². The van der Waals surface area contributed by atoms with Crippen LogP contribution in [0.1, 0.15) is 17.5 Å². The number of aliphatic carboxylic acids is 1. The Morgan fingerprint density at radius 3 is 2.71 bits per heavy atom. The van der Waals surface area contributed by atoms with E-state index >= 15 is 0 Å². The highest BCUT2D eigenvalue weighted by Crippen LogP contribution is 2.26. The molecule has 1 aliphatic heterocycles. The molecule has 5 nitrogen and oxygen atoms in total. The van der Waals surface area contributed by atoms with Gasteiger partial charge in [-0.25, -0.2) is 0 Å². The number of fused-ring (bicyclic) bond motifs is 1. The molecule has 2 N–H and O–H groups in total. The summed E-state index contributed by atoms with van der Waals surface area (Å²) in [5.74, 6) is -1.67. The minimum Gasteiger partial charge on any atom is -0.481 e. The normalized spacial score (nSPS) is 27.9. The van der Waals surface area contributed by atoms with Gasteiger partial charge < -0.3 is 15.2 Å². The summed E-state index contributed by atoms with van der Waals surface area (Å²) in [4.78, 5) is 23.5. The van der Waals surface area contributed by atoms with Gasteiger partial charge in [0.15, 0.2) is 0 Å². The molecule has 2 aliphatic rings. The van der Waals surface area contributed by atoms with Gasteiger partial charge in [0.1, 0.15) is 5.92 Å². The molecule has 1 aliphatic carbocycles. The van der Waals surface area contributed by atoms with Crippen LogP contribution in [0.4, 0.5) is 0 Å². The first-order chi connectivity index (χ1) is 10.1. The molecule has 1 aromatic carbocycles. The molecule has 5 heteroatoms. The summed E-state index contributed by atoms with van der Waals surface area (Å²) in [6, 6.07) is 7.77. The molecule has 1 saturated heterocycles. The van der Waals surface area contributed by atoms with Crippen molar-refractivity contribution in [3.63, 3.8) is 0 Å². The van der Waals surface area contributed by atoms with E-state index in [0.717, 1.165) is 19.3 Å². The van der Waals surface area contributed by atoms with Crippen molar-refractivity contribution in [1.29, 1.82) is 0 Å². The number of hydrogen-bond donors (Lipinski definition) is 2. The van der Waals surface area contributed by atoms with E-state index in [2.05, 4.69) is 17.4 Å². The summed E-state index contributed by atoms with van der Waals surface area (Å²) in [6.07, 6.45) is 2.44. The van der Waals surface area contributed by atoms with E-state index in [4.69, 9.17) is 9.84 Å². The Morgan fingerprint density at radius 1 is 1.19 bits per heavy atom. The van der Waals surface area contributed by atoms with Gasteiger partial charge >= 0.3 is 5.97 Å². The molecule has 0 spiro atoms. The summed E-state index contributed by atoms with van der Waals surface area (Å²) in [6.45, 7) is 0.458. The number of carboxylic acid groups (broad SMARTS) is 1. The van der Waals surface area contributed by atoms with Crippen LogP contribution < -0.4 is 5.32 Å². The fraction of sp³-hybridized carbons (Fsp3) is 0.500. The second-order valence-corrected chi connectivity index (χ2v) is 5.81. The van der Waals surface area contributed by atoms with Crippen molar-refractivity contribution >= 4 is 11.9 Å². The highest BCUT2D eigenvalue weighted by atomic mass is 16.5. The molecule has 3 rings (SSSR count). The lowest BCUT2D eigenvalue weighted by Gasteiger charge is -2.25. The van der Waals surface area contributed by atoms with Gasteiger partial charge in [0.25, 0.3) is 0 Å². The van der Waals surface area contributed by atoms with Crippen LogP contribution in [0.2, 0.25) is 0 Å². The first-order valence-electron chi connectivity index (χ1n) is 7.33. The van der Waals surface area contributed by atoms with Gasteiger partial charge in [-0.15, -0.1) is 0 Å². The number of benzene rings is 1. The number of carboxylic acids is 1. The number of hydrogen-bond acceptors (Lipinski definition) is 3. The molecule has 1 fully saturated rings. The van der Waals surface area contributed by atoms with Gasteiger partial charge in [-0.05, 0) is 30.4 Å². The maximum atomic E-state index is 12.4. The zero-order chi connectivity index (χ0) is 14.8. The van der Waals surface area contributed by atoms with Crippen molar-refractivity contribution in [2.24, 2.45) is 11.8 Å². The monoisotopic (exact) mass is 289 g/mol. The average Bonchev–Trinajstić information content (AvgIpc) is 2.95. The molecule has 0 radical (unpaired) electrons. The number of nitrogens with one attached hydrogen (secondary N) is 1. The van der Waals surface area contributed by atoms with E-state index in [1.165, 1.54) is 11.1 Å². The molecular formula is C16H19NO4. The van der Waals surface area contributed by atoms with Gasteiger partial charge in [0.05, 0.1) is 19.3 Å². The van der Waals surface area contributed by atoms with E-state index in [1.54, 1.807) is 0 Å². The molecule has 3 unspecified atom stereocenters. The minimum absolute atomic E-state index is 0.0498. The third-order valence-corrected chi connectivity index (χ3v) is 4.44. The third-order valence-electron chi connectivity index (χ3n) is 4.44. The van der Waals surface area contributed by atoms with Gasteiger partial charge in [0, 0.05) is 5.92 Å². The Kier molecular flexibility index (Phi) is 3.92. The molecule has 3 atom stereocenters. The lowest BCUT2D eigenvalue weighted by atomic mass is 9.83. The molecule has 0 bridgehead atoms. The van der Waals surface area contributed by atoms with Crippen molar-refractivity contribution in [2.75, 3.05) is 13.2 Å². The average molecular weight is 289 g/mol. The molecule has 112 valence electrons. The van der Waals surface area contributed by atoms with Gasteiger partial charge in [0.2, 0.25) is 5.91 Å². The van der Waals surface area contributed by atoms with Gasteiger partial charge in [-0.1, -0.05) is 24.3 Å². The number of rotatable bonds is 3. The molecule has 1 heterocycles. The van der Waals surface area contributed by atoms with Crippen LogP contribution in [0.3, 0.4) is 0 Å². The number of ether oxygens (including phenoxy) is 1. The van der Waals surface area contributed by atoms with Crippen LogP contribution in [0, 0.1) is 11.8 Å². The van der Waals surface area contributed by atoms with Gasteiger partial charge in [-0.3, -0.25) is 9.59 Å². The largest absolute Gasteiger partial charge is 0.481 e. The number of aryl methyl sites for hydroxylation is 1. The summed E-state index contributed by atoms with van der Waals surface area (Å²) in [7, 11) is 0. The molecule has 0 saturated carbocycles. The molecule has 0 aromatic heterocycles. The van der Waals surface area contributed by atoms with Gasteiger partial charge in [-0.2, -0.15) is 0 Å². The first-order valence-corrected chi connectivity index (χ1v) is 7.33. The van der Waals surface area contributed by atoms with Crippen molar-refractivity contribution in [3.05, 3.63) is 35.4 Å². The van der Waals surface area contributed by atoms with Crippen molar-refractivity contribution in [1.82, 2.24) is 5.32 Å². The standard InChI is InChI=1S/C16H19NO4/c18-15(17-14-9-21-8-13(14)16(19)20)12-6-5-10-3-1-2-4-11(10)7-12/h1-4,12-14H,5-9H2,(H,17,18)(H,19,20). The van der Waals surface area contributed by atoms with E-state index in [1.807, 2.05) is 12.1 Å². The Balaban J connectivity index is 1.63. The maximum absolute atomic E-state index is 12.4. The lowest BCUT2D eigenvalue weighted by Crippen LogP contribution is -2.46. The SMILES string of the molecule is O=C(NC1COCC1C(=O)O)C1CCc2ccccc2C1. The van der Waals surface area contributed by atoms with E-state index in [0.29, 0.717) is 0 Å². The lowest BCUT2D eigenvalue weighted by molar-refractivity contribution is -0.142. The van der Waals surface area contributed by atoms with E-state index < -0.39 is 17.9 Å². The topological polar surface area (TPSA) is 75.6 Å². The van der Waals surface area contributed by atoms with Crippen LogP contribution in [0.15, 0.2) is 24.3 Å². The minimum atomic E-state index is -0.910. The predicted molar refractivity (Wildman–Crippen MR) is 75.8 cm³/mol. The number of carbonyl (C=O) groups is 2. The Labute approximate surface area is 123 Å².